The molecule has 1 N–H and O–H groups in total. The summed E-state index contributed by atoms with van der Waals surface area (Å²) in [7, 11) is 4.89. The normalized spacial score (nSPS) is 9.79. The summed E-state index contributed by atoms with van der Waals surface area (Å²) in [6, 6.07) is 3.70. The second-order valence-electron chi connectivity index (χ2n) is 3.99. The Balaban J connectivity index is 2.77. The largest absolute Gasteiger partial charge is 0.496 e. The highest BCUT2D eigenvalue weighted by molar-refractivity contribution is 5.50. The molecule has 0 unspecified atom stereocenters. The van der Waals surface area contributed by atoms with Crippen LogP contribution in [-0.4, -0.2) is 27.9 Å². The van der Waals surface area contributed by atoms with Crippen molar-refractivity contribution in [1.29, 1.82) is 0 Å². The first-order valence-corrected chi connectivity index (χ1v) is 6.19. The van der Waals surface area contributed by atoms with Crippen molar-refractivity contribution in [2.45, 2.75) is 19.4 Å². The van der Waals surface area contributed by atoms with Crippen molar-refractivity contribution < 1.29 is 14.2 Å². The van der Waals surface area contributed by atoms with Gasteiger partial charge in [0.1, 0.15) is 17.2 Å². The molecule has 0 aliphatic rings. The van der Waals surface area contributed by atoms with Crippen molar-refractivity contribution in [2.75, 3.05) is 27.9 Å². The van der Waals surface area contributed by atoms with Gasteiger partial charge in [-0.15, -0.1) is 12.3 Å². The fraction of sp³-hybridized carbons (Fsp3) is 0.467. The summed E-state index contributed by atoms with van der Waals surface area (Å²) in [6.07, 6.45) is 6.95. The Kier molecular flexibility index (Phi) is 6.62. The minimum absolute atomic E-state index is 0.668. The molecule has 1 aromatic carbocycles. The second kappa shape index (κ2) is 8.28. The van der Waals surface area contributed by atoms with Crippen LogP contribution in [0.1, 0.15) is 18.4 Å². The van der Waals surface area contributed by atoms with Gasteiger partial charge in [0.15, 0.2) is 0 Å². The lowest BCUT2D eigenvalue weighted by Crippen LogP contribution is -2.16. The average molecular weight is 263 g/mol. The molecule has 19 heavy (non-hydrogen) atoms. The van der Waals surface area contributed by atoms with Crippen LogP contribution in [0.15, 0.2) is 12.1 Å². The zero-order chi connectivity index (χ0) is 14.1. The fourth-order valence-corrected chi connectivity index (χ4v) is 1.78. The van der Waals surface area contributed by atoms with Crippen LogP contribution in [0.3, 0.4) is 0 Å². The monoisotopic (exact) mass is 263 g/mol. The van der Waals surface area contributed by atoms with Crippen LogP contribution in [0.4, 0.5) is 0 Å². The SMILES string of the molecule is C#CCCCNCc1c(OC)cc(OC)cc1OC. The molecule has 0 bridgehead atoms. The summed E-state index contributed by atoms with van der Waals surface area (Å²) in [4.78, 5) is 0. The standard InChI is InChI=1S/C15H21NO3/c1-5-6-7-8-16-11-13-14(18-3)9-12(17-2)10-15(13)19-4/h1,9-10,16H,6-8,11H2,2-4H3. The number of hydrogen-bond donors (Lipinski definition) is 1. The summed E-state index contributed by atoms with van der Waals surface area (Å²) in [5.74, 6) is 4.83. The molecule has 0 amide bonds. The molecule has 0 spiro atoms. The van der Waals surface area contributed by atoms with Crippen molar-refractivity contribution in [1.82, 2.24) is 5.32 Å². The van der Waals surface area contributed by atoms with Crippen LogP contribution in [0, 0.1) is 12.3 Å². The van der Waals surface area contributed by atoms with E-state index >= 15 is 0 Å². The van der Waals surface area contributed by atoms with E-state index in [-0.39, 0.29) is 0 Å². The molecule has 4 heteroatoms. The quantitative estimate of drug-likeness (QED) is 0.576. The Morgan fingerprint density at radius 1 is 1.11 bits per heavy atom. The highest BCUT2D eigenvalue weighted by Crippen LogP contribution is 2.33. The first kappa shape index (κ1) is 15.2. The van der Waals surface area contributed by atoms with Gasteiger partial charge in [-0.3, -0.25) is 0 Å². The number of unbranched alkanes of at least 4 members (excludes halogenated alkanes) is 1. The molecule has 0 saturated carbocycles. The van der Waals surface area contributed by atoms with E-state index < -0.39 is 0 Å². The molecule has 0 fully saturated rings. The number of rotatable bonds is 8. The van der Waals surface area contributed by atoms with Crippen LogP contribution < -0.4 is 19.5 Å². The number of hydrogen-bond acceptors (Lipinski definition) is 4. The Hall–Kier alpha value is -1.86. The molecular weight excluding hydrogens is 242 g/mol. The number of benzene rings is 1. The predicted molar refractivity (Wildman–Crippen MR) is 75.9 cm³/mol. The van der Waals surface area contributed by atoms with E-state index in [9.17, 15) is 0 Å². The molecule has 0 saturated heterocycles. The molecule has 4 nitrogen and oxygen atoms in total. The van der Waals surface area contributed by atoms with Crippen molar-refractivity contribution in [3.63, 3.8) is 0 Å². The molecular formula is C15H21NO3. The molecule has 0 radical (unpaired) electrons. The lowest BCUT2D eigenvalue weighted by Gasteiger charge is -2.15. The van der Waals surface area contributed by atoms with Gasteiger partial charge in [-0.2, -0.15) is 0 Å². The van der Waals surface area contributed by atoms with E-state index in [1.54, 1.807) is 21.3 Å². The molecule has 0 aliphatic carbocycles. The number of nitrogens with one attached hydrogen (secondary N) is 1. The zero-order valence-corrected chi connectivity index (χ0v) is 11.8. The van der Waals surface area contributed by atoms with E-state index in [4.69, 9.17) is 20.6 Å². The molecule has 1 aromatic rings. The molecule has 0 aliphatic heterocycles. The Labute approximate surface area is 115 Å². The fourth-order valence-electron chi connectivity index (χ4n) is 1.78. The Morgan fingerprint density at radius 3 is 2.21 bits per heavy atom. The van der Waals surface area contributed by atoms with Gasteiger partial charge in [0.2, 0.25) is 0 Å². The van der Waals surface area contributed by atoms with Crippen LogP contribution in [0.2, 0.25) is 0 Å². The Bertz CT molecular complexity index is 413. The summed E-state index contributed by atoms with van der Waals surface area (Å²) in [5, 5.41) is 3.33. The first-order chi connectivity index (χ1) is 9.26. The molecule has 0 heterocycles. The minimum atomic E-state index is 0.668. The van der Waals surface area contributed by atoms with Crippen LogP contribution >= 0.6 is 0 Å². The summed E-state index contributed by atoms with van der Waals surface area (Å²) < 4.78 is 16.0. The van der Waals surface area contributed by atoms with Gasteiger partial charge in [0, 0.05) is 25.1 Å². The Morgan fingerprint density at radius 2 is 1.74 bits per heavy atom. The number of ether oxygens (including phenoxy) is 3. The van der Waals surface area contributed by atoms with E-state index in [1.807, 2.05) is 12.1 Å². The first-order valence-electron chi connectivity index (χ1n) is 6.19. The van der Waals surface area contributed by atoms with Gasteiger partial charge in [0.25, 0.3) is 0 Å². The van der Waals surface area contributed by atoms with Gasteiger partial charge in [0.05, 0.1) is 26.9 Å². The van der Waals surface area contributed by atoms with E-state index in [2.05, 4.69) is 11.2 Å². The van der Waals surface area contributed by atoms with Gasteiger partial charge in [-0.25, -0.2) is 0 Å². The smallest absolute Gasteiger partial charge is 0.130 e. The van der Waals surface area contributed by atoms with Crippen LogP contribution in [0.5, 0.6) is 17.2 Å². The van der Waals surface area contributed by atoms with Crippen molar-refractivity contribution in [3.8, 4) is 29.6 Å². The molecule has 1 rings (SSSR count). The van der Waals surface area contributed by atoms with Gasteiger partial charge < -0.3 is 19.5 Å². The average Bonchev–Trinajstić information content (AvgIpc) is 2.46. The molecule has 104 valence electrons. The lowest BCUT2D eigenvalue weighted by molar-refractivity contribution is 0.366. The van der Waals surface area contributed by atoms with Crippen molar-refractivity contribution >= 4 is 0 Å². The number of terminal acetylenes is 1. The van der Waals surface area contributed by atoms with Gasteiger partial charge in [-0.05, 0) is 13.0 Å². The number of methoxy groups -OCH3 is 3. The highest BCUT2D eigenvalue weighted by atomic mass is 16.5. The third kappa shape index (κ3) is 4.38. The zero-order valence-electron chi connectivity index (χ0n) is 11.8. The molecule has 0 aromatic heterocycles. The van der Waals surface area contributed by atoms with Crippen LogP contribution in [0.25, 0.3) is 0 Å². The summed E-state index contributed by atoms with van der Waals surface area (Å²) in [6.45, 7) is 1.53. The van der Waals surface area contributed by atoms with E-state index in [0.29, 0.717) is 12.3 Å². The van der Waals surface area contributed by atoms with Crippen molar-refractivity contribution in [2.24, 2.45) is 0 Å². The predicted octanol–water partition coefficient (Wildman–Crippen LogP) is 2.22. The van der Waals surface area contributed by atoms with E-state index in [1.165, 1.54) is 0 Å². The van der Waals surface area contributed by atoms with E-state index in [0.717, 1.165) is 36.4 Å². The second-order valence-corrected chi connectivity index (χ2v) is 3.99. The highest BCUT2D eigenvalue weighted by Gasteiger charge is 2.12. The summed E-state index contributed by atoms with van der Waals surface area (Å²) >= 11 is 0. The third-order valence-corrected chi connectivity index (χ3v) is 2.79. The lowest BCUT2D eigenvalue weighted by atomic mass is 10.1. The van der Waals surface area contributed by atoms with Gasteiger partial charge in [-0.1, -0.05) is 0 Å². The third-order valence-electron chi connectivity index (χ3n) is 2.79. The maximum absolute atomic E-state index is 5.38. The maximum atomic E-state index is 5.38. The van der Waals surface area contributed by atoms with Gasteiger partial charge >= 0.3 is 0 Å². The maximum Gasteiger partial charge on any atom is 0.130 e. The van der Waals surface area contributed by atoms with Crippen molar-refractivity contribution in [3.05, 3.63) is 17.7 Å². The topological polar surface area (TPSA) is 39.7 Å². The minimum Gasteiger partial charge on any atom is -0.496 e. The molecule has 0 atom stereocenters. The van der Waals surface area contributed by atoms with Crippen LogP contribution in [-0.2, 0) is 6.54 Å². The summed E-state index contributed by atoms with van der Waals surface area (Å²) in [5.41, 5.74) is 0.978.